The van der Waals surface area contributed by atoms with Crippen LogP contribution >= 0.6 is 35.6 Å². The Kier molecular flexibility index (Phi) is 10.1. The maximum absolute atomic E-state index is 13.6. The van der Waals surface area contributed by atoms with Crippen LogP contribution in [0, 0.1) is 0 Å². The fourth-order valence-corrected chi connectivity index (χ4v) is 5.30. The van der Waals surface area contributed by atoms with Crippen LogP contribution in [0.5, 0.6) is 0 Å². The zero-order valence-electron chi connectivity index (χ0n) is 21.3. The second kappa shape index (κ2) is 13.5. The summed E-state index contributed by atoms with van der Waals surface area (Å²) in [7, 11) is 0. The lowest BCUT2D eigenvalue weighted by Gasteiger charge is -2.35. The summed E-state index contributed by atoms with van der Waals surface area (Å²) in [5.41, 5.74) is 3.61. The minimum Gasteiger partial charge on any atom is -0.375 e. The highest BCUT2D eigenvalue weighted by Crippen LogP contribution is 2.26. The summed E-state index contributed by atoms with van der Waals surface area (Å²) in [5.74, 6) is -0.000191. The van der Waals surface area contributed by atoms with Gasteiger partial charge in [0.25, 0.3) is 0 Å². The molecule has 0 saturated carbocycles. The van der Waals surface area contributed by atoms with Crippen molar-refractivity contribution in [2.24, 2.45) is 0 Å². The number of carbonyl (C=O) groups is 1. The number of imidazole rings is 1. The van der Waals surface area contributed by atoms with Crippen LogP contribution in [0.2, 0.25) is 10.0 Å². The lowest BCUT2D eigenvalue weighted by atomic mass is 10.0. The number of halogens is 3. The first-order valence-corrected chi connectivity index (χ1v) is 13.5. The molecule has 2 heterocycles. The zero-order chi connectivity index (χ0) is 26.5. The summed E-state index contributed by atoms with van der Waals surface area (Å²) in [6.45, 7) is 2.24. The topological polar surface area (TPSA) is 79.4 Å². The first-order chi connectivity index (χ1) is 18.5. The van der Waals surface area contributed by atoms with Crippen molar-refractivity contribution in [3.8, 4) is 0 Å². The van der Waals surface area contributed by atoms with E-state index in [2.05, 4.69) is 10.3 Å². The van der Waals surface area contributed by atoms with Crippen LogP contribution in [0.25, 0.3) is 11.0 Å². The molecule has 1 fully saturated rings. The molecule has 0 bridgehead atoms. The predicted molar refractivity (Wildman–Crippen MR) is 158 cm³/mol. The van der Waals surface area contributed by atoms with E-state index in [0.717, 1.165) is 22.2 Å². The molecule has 7 nitrogen and oxygen atoms in total. The van der Waals surface area contributed by atoms with Gasteiger partial charge in [-0.15, -0.1) is 12.4 Å². The average Bonchev–Trinajstić information content (AvgIpc) is 3.28. The normalized spacial score (nSPS) is 14.8. The highest BCUT2D eigenvalue weighted by molar-refractivity contribution is 6.42. The SMILES string of the molecule is Cl.O=C([C@H](COCc1ccc(Cl)c(Cl)c1)NCc1ccccc1)N1CCC(n2c(=O)[nH]c3ccccc32)CC1. The number of benzene rings is 3. The molecule has 0 unspecified atom stereocenters. The van der Waals surface area contributed by atoms with Gasteiger partial charge < -0.3 is 14.6 Å². The number of hydrogen-bond donors (Lipinski definition) is 2. The smallest absolute Gasteiger partial charge is 0.326 e. The molecule has 206 valence electrons. The number of H-pyrrole nitrogens is 1. The van der Waals surface area contributed by atoms with Gasteiger partial charge in [0.15, 0.2) is 0 Å². The third-order valence-corrected chi connectivity index (χ3v) is 7.74. The number of ether oxygens (including phenoxy) is 1. The fraction of sp³-hybridized carbons (Fsp3) is 0.310. The van der Waals surface area contributed by atoms with Crippen LogP contribution in [0.3, 0.4) is 0 Å². The van der Waals surface area contributed by atoms with Gasteiger partial charge in [-0.2, -0.15) is 0 Å². The largest absolute Gasteiger partial charge is 0.375 e. The fourth-order valence-electron chi connectivity index (χ4n) is 4.98. The molecule has 1 aliphatic rings. The summed E-state index contributed by atoms with van der Waals surface area (Å²) in [4.78, 5) is 31.1. The Morgan fingerprint density at radius 1 is 0.974 bits per heavy atom. The number of nitrogens with one attached hydrogen (secondary N) is 2. The summed E-state index contributed by atoms with van der Waals surface area (Å²) < 4.78 is 7.80. The van der Waals surface area contributed by atoms with E-state index in [1.165, 1.54) is 0 Å². The van der Waals surface area contributed by atoms with Crippen molar-refractivity contribution >= 4 is 52.5 Å². The van der Waals surface area contributed by atoms with E-state index in [1.54, 1.807) is 12.1 Å². The molecule has 0 aliphatic carbocycles. The molecule has 1 aromatic heterocycles. The van der Waals surface area contributed by atoms with E-state index in [1.807, 2.05) is 70.1 Å². The summed E-state index contributed by atoms with van der Waals surface area (Å²) in [5, 5.41) is 4.35. The molecular formula is C29H31Cl3N4O3. The van der Waals surface area contributed by atoms with Crippen molar-refractivity contribution in [1.82, 2.24) is 19.8 Å². The van der Waals surface area contributed by atoms with Crippen LogP contribution in [-0.2, 0) is 22.7 Å². The highest BCUT2D eigenvalue weighted by atomic mass is 35.5. The number of hydrogen-bond acceptors (Lipinski definition) is 4. The van der Waals surface area contributed by atoms with Crippen molar-refractivity contribution in [3.63, 3.8) is 0 Å². The molecular weight excluding hydrogens is 559 g/mol. The lowest BCUT2D eigenvalue weighted by molar-refractivity contribution is -0.136. The lowest BCUT2D eigenvalue weighted by Crippen LogP contribution is -2.51. The second-order valence-electron chi connectivity index (χ2n) is 9.56. The van der Waals surface area contributed by atoms with Gasteiger partial charge in [0.1, 0.15) is 6.04 Å². The number of aromatic amines is 1. The molecule has 39 heavy (non-hydrogen) atoms. The maximum atomic E-state index is 13.6. The molecule has 3 aromatic carbocycles. The van der Waals surface area contributed by atoms with Crippen molar-refractivity contribution in [2.75, 3.05) is 19.7 Å². The summed E-state index contributed by atoms with van der Waals surface area (Å²) in [6.07, 6.45) is 1.42. The van der Waals surface area contributed by atoms with Crippen molar-refractivity contribution in [2.45, 2.75) is 38.1 Å². The standard InChI is InChI=1S/C29H30Cl2N4O3.ClH/c30-23-11-10-21(16-24(23)31)18-38-19-26(32-17-20-6-2-1-3-7-20)28(36)34-14-12-22(13-15-34)35-27-9-5-4-8-25(27)33-29(35)37;/h1-11,16,22,26,32H,12-15,17-19H2,(H,33,37);1H/t26-;/m0./s1. The predicted octanol–water partition coefficient (Wildman–Crippen LogP) is 5.60. The number of carbonyl (C=O) groups excluding carboxylic acids is 1. The molecule has 0 radical (unpaired) electrons. The van der Waals surface area contributed by atoms with Gasteiger partial charge in [-0.1, -0.05) is 71.7 Å². The Hall–Kier alpha value is -2.81. The molecule has 1 atom stereocenters. The molecule has 5 rings (SSSR count). The highest BCUT2D eigenvalue weighted by Gasteiger charge is 2.30. The average molecular weight is 590 g/mol. The van der Waals surface area contributed by atoms with E-state index in [0.29, 0.717) is 49.1 Å². The van der Waals surface area contributed by atoms with Gasteiger partial charge in [-0.05, 0) is 48.2 Å². The Balaban J connectivity index is 0.00000353. The molecule has 2 N–H and O–H groups in total. The second-order valence-corrected chi connectivity index (χ2v) is 10.4. The summed E-state index contributed by atoms with van der Waals surface area (Å²) >= 11 is 12.2. The molecule has 1 amide bonds. The first kappa shape index (κ1) is 29.2. The Labute approximate surface area is 243 Å². The minimum atomic E-state index is -0.509. The van der Waals surface area contributed by atoms with Crippen LogP contribution in [-0.4, -0.2) is 46.1 Å². The van der Waals surface area contributed by atoms with Gasteiger partial charge in [0.2, 0.25) is 5.91 Å². The number of fused-ring (bicyclic) bond motifs is 1. The number of amides is 1. The van der Waals surface area contributed by atoms with Crippen LogP contribution < -0.4 is 11.0 Å². The monoisotopic (exact) mass is 588 g/mol. The van der Waals surface area contributed by atoms with Crippen molar-refractivity contribution in [3.05, 3.63) is 104 Å². The zero-order valence-corrected chi connectivity index (χ0v) is 23.6. The summed E-state index contributed by atoms with van der Waals surface area (Å²) in [6, 6.07) is 22.6. The van der Waals surface area contributed by atoms with Gasteiger partial charge in [-0.3, -0.25) is 14.7 Å². The van der Waals surface area contributed by atoms with Gasteiger partial charge in [-0.25, -0.2) is 4.79 Å². The molecule has 1 aliphatic heterocycles. The van der Waals surface area contributed by atoms with Gasteiger partial charge in [0.05, 0.1) is 34.3 Å². The van der Waals surface area contributed by atoms with E-state index >= 15 is 0 Å². The Bertz CT molecular complexity index is 1450. The molecule has 1 saturated heterocycles. The van der Waals surface area contributed by atoms with Crippen molar-refractivity contribution < 1.29 is 9.53 Å². The van der Waals surface area contributed by atoms with Gasteiger partial charge >= 0.3 is 5.69 Å². The molecule has 10 heteroatoms. The third kappa shape index (κ3) is 7.04. The number of piperidine rings is 1. The number of nitrogens with zero attached hydrogens (tertiary/aromatic N) is 2. The van der Waals surface area contributed by atoms with Crippen molar-refractivity contribution in [1.29, 1.82) is 0 Å². The first-order valence-electron chi connectivity index (χ1n) is 12.8. The van der Waals surface area contributed by atoms with Gasteiger partial charge in [0, 0.05) is 25.7 Å². The third-order valence-electron chi connectivity index (χ3n) is 7.00. The van der Waals surface area contributed by atoms with Crippen LogP contribution in [0.4, 0.5) is 0 Å². The minimum absolute atomic E-state index is 0. The number of aromatic nitrogens is 2. The quantitative estimate of drug-likeness (QED) is 0.267. The molecule has 4 aromatic rings. The van der Waals surface area contributed by atoms with E-state index < -0.39 is 6.04 Å². The number of likely N-dealkylation sites (tertiary alicyclic amines) is 1. The molecule has 0 spiro atoms. The maximum Gasteiger partial charge on any atom is 0.326 e. The number of para-hydroxylation sites is 2. The Morgan fingerprint density at radius 3 is 2.44 bits per heavy atom. The van der Waals surface area contributed by atoms with Crippen LogP contribution in [0.15, 0.2) is 77.6 Å². The number of rotatable bonds is 9. The van der Waals surface area contributed by atoms with E-state index in [-0.39, 0.29) is 36.7 Å². The Morgan fingerprint density at radius 2 is 1.69 bits per heavy atom. The van der Waals surface area contributed by atoms with E-state index in [9.17, 15) is 9.59 Å². The van der Waals surface area contributed by atoms with Crippen LogP contribution in [0.1, 0.15) is 30.0 Å². The van der Waals surface area contributed by atoms with E-state index in [4.69, 9.17) is 27.9 Å².